The summed E-state index contributed by atoms with van der Waals surface area (Å²) in [4.78, 5) is 23.2. The zero-order valence-corrected chi connectivity index (χ0v) is 10.8. The Balaban J connectivity index is 2.11. The molecule has 0 spiro atoms. The maximum absolute atomic E-state index is 12.9. The number of amides is 1. The van der Waals surface area contributed by atoms with Crippen molar-refractivity contribution >= 4 is 11.9 Å². The van der Waals surface area contributed by atoms with E-state index in [0.717, 1.165) is 25.0 Å². The van der Waals surface area contributed by atoms with Crippen molar-refractivity contribution in [2.75, 3.05) is 0 Å². The van der Waals surface area contributed by atoms with Crippen LogP contribution in [0.3, 0.4) is 0 Å². The summed E-state index contributed by atoms with van der Waals surface area (Å²) in [6, 6.07) is 2.64. The van der Waals surface area contributed by atoms with Crippen LogP contribution in [0.2, 0.25) is 0 Å². The lowest BCUT2D eigenvalue weighted by molar-refractivity contribution is -0.143. The molecular weight excluding hydrogens is 265 g/mol. The number of aliphatic carboxylic acids is 1. The lowest BCUT2D eigenvalue weighted by Gasteiger charge is -2.29. The van der Waals surface area contributed by atoms with Crippen molar-refractivity contribution in [2.24, 2.45) is 5.92 Å². The van der Waals surface area contributed by atoms with Gasteiger partial charge in [-0.05, 0) is 25.0 Å². The molecule has 108 valence electrons. The monoisotopic (exact) mass is 281 g/mol. The topological polar surface area (TPSA) is 86.6 Å². The molecule has 3 N–H and O–H groups in total. The van der Waals surface area contributed by atoms with Crippen molar-refractivity contribution in [1.82, 2.24) is 5.32 Å². The Labute approximate surface area is 115 Å². The first kappa shape index (κ1) is 14.3. The Morgan fingerprint density at radius 3 is 2.60 bits per heavy atom. The highest BCUT2D eigenvalue weighted by atomic mass is 19.1. The number of phenols is 1. The Morgan fingerprint density at radius 1 is 1.25 bits per heavy atom. The van der Waals surface area contributed by atoms with E-state index >= 15 is 0 Å². The summed E-state index contributed by atoms with van der Waals surface area (Å²) in [6.07, 6.45) is 2.79. The minimum Gasteiger partial charge on any atom is -0.507 e. The van der Waals surface area contributed by atoms with Gasteiger partial charge in [0.05, 0.1) is 11.5 Å². The molecule has 0 aromatic heterocycles. The number of aromatic hydroxyl groups is 1. The second-order valence-electron chi connectivity index (χ2n) is 4.97. The Hall–Kier alpha value is -2.11. The molecule has 2 rings (SSSR count). The zero-order chi connectivity index (χ0) is 14.7. The molecule has 1 fully saturated rings. The molecule has 1 amide bonds. The number of hydrogen-bond acceptors (Lipinski definition) is 3. The van der Waals surface area contributed by atoms with E-state index in [9.17, 15) is 19.1 Å². The van der Waals surface area contributed by atoms with Crippen molar-refractivity contribution in [3.63, 3.8) is 0 Å². The SMILES string of the molecule is O=C(NC1CCCCC1C(=O)O)c1ccc(F)cc1O. The maximum Gasteiger partial charge on any atom is 0.308 e. The third-order valence-corrected chi connectivity index (χ3v) is 3.60. The minimum absolute atomic E-state index is 0.0545. The fourth-order valence-electron chi connectivity index (χ4n) is 2.54. The molecule has 1 aliphatic carbocycles. The van der Waals surface area contributed by atoms with Gasteiger partial charge in [0, 0.05) is 12.1 Å². The van der Waals surface area contributed by atoms with Crippen LogP contribution in [0.1, 0.15) is 36.0 Å². The molecule has 0 radical (unpaired) electrons. The van der Waals surface area contributed by atoms with E-state index in [4.69, 9.17) is 5.11 Å². The van der Waals surface area contributed by atoms with Gasteiger partial charge < -0.3 is 15.5 Å². The van der Waals surface area contributed by atoms with E-state index in [2.05, 4.69) is 5.32 Å². The maximum atomic E-state index is 12.9. The largest absolute Gasteiger partial charge is 0.507 e. The van der Waals surface area contributed by atoms with Gasteiger partial charge in [-0.1, -0.05) is 12.8 Å². The van der Waals surface area contributed by atoms with Gasteiger partial charge in [-0.25, -0.2) is 4.39 Å². The molecule has 0 bridgehead atoms. The molecule has 5 nitrogen and oxygen atoms in total. The molecule has 1 aliphatic rings. The molecule has 0 aliphatic heterocycles. The third kappa shape index (κ3) is 3.07. The van der Waals surface area contributed by atoms with E-state index < -0.39 is 35.4 Å². The predicted octanol–water partition coefficient (Wildman–Crippen LogP) is 1.90. The van der Waals surface area contributed by atoms with Gasteiger partial charge in [-0.3, -0.25) is 9.59 Å². The summed E-state index contributed by atoms with van der Waals surface area (Å²) in [5, 5.41) is 21.3. The molecule has 0 heterocycles. The molecule has 1 saturated carbocycles. The Morgan fingerprint density at radius 2 is 1.95 bits per heavy atom. The first-order valence-corrected chi connectivity index (χ1v) is 6.51. The van der Waals surface area contributed by atoms with Gasteiger partial charge >= 0.3 is 5.97 Å². The van der Waals surface area contributed by atoms with Crippen LogP contribution in [0.25, 0.3) is 0 Å². The Bertz CT molecular complexity index is 532. The van der Waals surface area contributed by atoms with Crippen molar-refractivity contribution in [1.29, 1.82) is 0 Å². The van der Waals surface area contributed by atoms with Gasteiger partial charge in [0.25, 0.3) is 5.91 Å². The van der Waals surface area contributed by atoms with E-state index in [-0.39, 0.29) is 5.56 Å². The van der Waals surface area contributed by atoms with E-state index in [1.807, 2.05) is 0 Å². The van der Waals surface area contributed by atoms with Gasteiger partial charge in [0.15, 0.2) is 0 Å². The van der Waals surface area contributed by atoms with Crippen LogP contribution in [-0.4, -0.2) is 28.1 Å². The average molecular weight is 281 g/mol. The number of nitrogens with one attached hydrogen (secondary N) is 1. The number of phenolic OH excluding ortho intramolecular Hbond substituents is 1. The summed E-state index contributed by atoms with van der Waals surface area (Å²) >= 11 is 0. The van der Waals surface area contributed by atoms with Crippen LogP contribution in [0.4, 0.5) is 4.39 Å². The number of rotatable bonds is 3. The predicted molar refractivity (Wildman–Crippen MR) is 68.9 cm³/mol. The van der Waals surface area contributed by atoms with Gasteiger partial charge in [0.1, 0.15) is 11.6 Å². The van der Waals surface area contributed by atoms with Gasteiger partial charge in [0.2, 0.25) is 0 Å². The zero-order valence-electron chi connectivity index (χ0n) is 10.8. The van der Waals surface area contributed by atoms with Crippen molar-refractivity contribution in [3.8, 4) is 5.75 Å². The number of benzene rings is 1. The lowest BCUT2D eigenvalue weighted by atomic mass is 9.84. The third-order valence-electron chi connectivity index (χ3n) is 3.60. The fraction of sp³-hybridized carbons (Fsp3) is 0.429. The number of carbonyl (C=O) groups is 2. The van der Waals surface area contributed by atoms with Crippen LogP contribution in [-0.2, 0) is 4.79 Å². The molecule has 0 saturated heterocycles. The molecule has 20 heavy (non-hydrogen) atoms. The van der Waals surface area contributed by atoms with E-state index in [1.54, 1.807) is 0 Å². The minimum atomic E-state index is -0.932. The summed E-state index contributed by atoms with van der Waals surface area (Å²) in [5.74, 6) is -3.22. The molecule has 1 aromatic rings. The molecule has 6 heteroatoms. The van der Waals surface area contributed by atoms with Crippen molar-refractivity contribution < 1.29 is 24.2 Å². The second-order valence-corrected chi connectivity index (χ2v) is 4.97. The summed E-state index contributed by atoms with van der Waals surface area (Å²) in [5.41, 5.74) is -0.0545. The van der Waals surface area contributed by atoms with Crippen LogP contribution in [0.15, 0.2) is 18.2 Å². The quantitative estimate of drug-likeness (QED) is 0.789. The van der Waals surface area contributed by atoms with Gasteiger partial charge in [-0.15, -0.1) is 0 Å². The van der Waals surface area contributed by atoms with Crippen LogP contribution in [0.5, 0.6) is 5.75 Å². The highest BCUT2D eigenvalue weighted by Crippen LogP contribution is 2.26. The number of carboxylic acids is 1. The van der Waals surface area contributed by atoms with Gasteiger partial charge in [-0.2, -0.15) is 0 Å². The average Bonchev–Trinajstić information content (AvgIpc) is 2.38. The Kier molecular flexibility index (Phi) is 4.22. The lowest BCUT2D eigenvalue weighted by Crippen LogP contribution is -2.45. The number of halogens is 1. The summed E-state index contributed by atoms with van der Waals surface area (Å²) in [7, 11) is 0. The van der Waals surface area contributed by atoms with E-state index in [0.29, 0.717) is 12.8 Å². The molecule has 2 atom stereocenters. The first-order valence-electron chi connectivity index (χ1n) is 6.51. The van der Waals surface area contributed by atoms with Crippen molar-refractivity contribution in [2.45, 2.75) is 31.7 Å². The summed E-state index contributed by atoms with van der Waals surface area (Å²) in [6.45, 7) is 0. The fourth-order valence-corrected chi connectivity index (χ4v) is 2.54. The summed E-state index contributed by atoms with van der Waals surface area (Å²) < 4.78 is 12.9. The number of hydrogen-bond donors (Lipinski definition) is 3. The van der Waals surface area contributed by atoms with Crippen molar-refractivity contribution in [3.05, 3.63) is 29.6 Å². The smallest absolute Gasteiger partial charge is 0.308 e. The normalized spacial score (nSPS) is 22.2. The number of carboxylic acid groups (broad SMARTS) is 1. The van der Waals surface area contributed by atoms with Crippen LogP contribution >= 0.6 is 0 Å². The number of carbonyl (C=O) groups excluding carboxylic acids is 1. The standard InChI is InChI=1S/C14H16FNO4/c15-8-5-6-10(12(17)7-8)13(18)16-11-4-2-1-3-9(11)14(19)20/h5-7,9,11,17H,1-4H2,(H,16,18)(H,19,20). The first-order chi connectivity index (χ1) is 9.49. The molecular formula is C14H16FNO4. The van der Waals surface area contributed by atoms with Crippen LogP contribution in [0, 0.1) is 11.7 Å². The van der Waals surface area contributed by atoms with Crippen LogP contribution < -0.4 is 5.32 Å². The highest BCUT2D eigenvalue weighted by molar-refractivity contribution is 5.97. The molecule has 2 unspecified atom stereocenters. The second kappa shape index (κ2) is 5.90. The molecule has 1 aromatic carbocycles. The highest BCUT2D eigenvalue weighted by Gasteiger charge is 2.32. The van der Waals surface area contributed by atoms with E-state index in [1.165, 1.54) is 6.07 Å².